The van der Waals surface area contributed by atoms with Crippen LogP contribution in [0.15, 0.2) is 0 Å². The van der Waals surface area contributed by atoms with Crippen molar-refractivity contribution in [3.63, 3.8) is 0 Å². The average Bonchev–Trinajstić information content (AvgIpc) is 2.83. The minimum absolute atomic E-state index is 0.176. The fraction of sp³-hybridized carbons (Fsp3) is 0.960. The Kier molecular flexibility index (Phi) is 29.2. The second-order valence-electron chi connectivity index (χ2n) is 9.52. The molecule has 0 unspecified atom stereocenters. The lowest BCUT2D eigenvalue weighted by Gasteiger charge is -2.12. The molecule has 0 aliphatic rings. The zero-order valence-corrected chi connectivity index (χ0v) is 22.3. The summed E-state index contributed by atoms with van der Waals surface area (Å²) in [5.41, 5.74) is 23.6. The van der Waals surface area contributed by atoms with E-state index < -0.39 is 0 Å². The van der Waals surface area contributed by atoms with Crippen molar-refractivity contribution in [2.45, 2.75) is 148 Å². The second kappa shape index (κ2) is 30.1. The molecule has 0 aromatic carbocycles. The van der Waals surface area contributed by atoms with E-state index in [0.29, 0.717) is 0 Å². The van der Waals surface area contributed by atoms with Crippen molar-refractivity contribution in [3.8, 4) is 0 Å². The van der Waals surface area contributed by atoms with E-state index >= 15 is 0 Å². The monoisotopic (exact) mass is 485 g/mol. The molecule has 9 heteroatoms. The first kappa shape index (κ1) is 33.0. The number of rotatable bonds is 29. The highest BCUT2D eigenvalue weighted by Gasteiger charge is 1.96. The molecule has 0 fully saturated rings. The lowest BCUT2D eigenvalue weighted by molar-refractivity contribution is 0.285. The molecular weight excluding hydrogens is 426 g/mol. The average molecular weight is 486 g/mol. The molecule has 204 valence electrons. The molecule has 0 heterocycles. The topological polar surface area (TPSA) is 134 Å². The van der Waals surface area contributed by atoms with Gasteiger partial charge in [-0.25, -0.2) is 5.43 Å². The maximum absolute atomic E-state index is 6.93. The number of unbranched alkanes of at least 4 members (excludes halogenated alkanes) is 21. The van der Waals surface area contributed by atoms with E-state index in [1.54, 1.807) is 0 Å². The number of guanidine groups is 1. The molecule has 0 aliphatic carbocycles. The molecule has 10 N–H and O–H groups in total. The predicted octanol–water partition coefficient (Wildman–Crippen LogP) is 5.10. The number of hydrazine groups is 6. The normalized spacial score (nSPS) is 11.2. The summed E-state index contributed by atoms with van der Waals surface area (Å²) in [6.07, 6.45) is 31.1. The van der Waals surface area contributed by atoms with Gasteiger partial charge in [-0.2, -0.15) is 27.7 Å². The molecule has 0 saturated heterocycles. The van der Waals surface area contributed by atoms with Crippen LogP contribution >= 0.6 is 0 Å². The van der Waals surface area contributed by atoms with E-state index in [4.69, 9.17) is 11.1 Å². The van der Waals surface area contributed by atoms with Crippen molar-refractivity contribution in [3.05, 3.63) is 0 Å². The van der Waals surface area contributed by atoms with Crippen LogP contribution in [-0.2, 0) is 0 Å². The molecule has 0 radical (unpaired) electrons. The molecule has 0 amide bonds. The highest BCUT2D eigenvalue weighted by molar-refractivity contribution is 5.73. The Morgan fingerprint density at radius 1 is 0.471 bits per heavy atom. The summed E-state index contributed by atoms with van der Waals surface area (Å²) in [6.45, 7) is 3.20. The van der Waals surface area contributed by atoms with Gasteiger partial charge in [0.2, 0.25) is 5.96 Å². The Balaban J connectivity index is 3.01. The first-order valence-electron chi connectivity index (χ1n) is 14.3. The number of nitrogens with two attached hydrogens (primary N) is 1. The lowest BCUT2D eigenvalue weighted by Crippen LogP contribution is -2.62. The van der Waals surface area contributed by atoms with E-state index in [1.807, 2.05) is 0 Å². The maximum Gasteiger partial charge on any atom is 0.201 e. The third kappa shape index (κ3) is 31.0. The Labute approximate surface area is 210 Å². The van der Waals surface area contributed by atoms with Crippen molar-refractivity contribution in [2.24, 2.45) is 5.73 Å². The van der Waals surface area contributed by atoms with Crippen LogP contribution in [0.4, 0.5) is 0 Å². The van der Waals surface area contributed by atoms with Gasteiger partial charge in [0.05, 0.1) is 0 Å². The van der Waals surface area contributed by atoms with Gasteiger partial charge in [0.15, 0.2) is 0 Å². The van der Waals surface area contributed by atoms with Gasteiger partial charge in [-0.15, -0.1) is 0 Å². The van der Waals surface area contributed by atoms with Gasteiger partial charge >= 0.3 is 0 Å². The van der Waals surface area contributed by atoms with Crippen LogP contribution in [0, 0.1) is 5.41 Å². The van der Waals surface area contributed by atoms with Crippen LogP contribution in [0.25, 0.3) is 0 Å². The molecule has 9 nitrogen and oxygen atoms in total. The number of hydrogen-bond acceptors (Lipinski definition) is 7. The van der Waals surface area contributed by atoms with Crippen molar-refractivity contribution < 1.29 is 0 Å². The highest BCUT2D eigenvalue weighted by atomic mass is 15.9. The van der Waals surface area contributed by atoms with Gasteiger partial charge in [-0.05, 0) is 6.42 Å². The zero-order valence-electron chi connectivity index (χ0n) is 22.3. The first-order chi connectivity index (χ1) is 16.8. The van der Waals surface area contributed by atoms with Gasteiger partial charge in [-0.3, -0.25) is 10.8 Å². The molecule has 0 aliphatic heterocycles. The molecule has 0 saturated carbocycles. The summed E-state index contributed by atoms with van der Waals surface area (Å²) in [6, 6.07) is 0. The second-order valence-corrected chi connectivity index (χ2v) is 9.52. The van der Waals surface area contributed by atoms with E-state index in [-0.39, 0.29) is 5.96 Å². The Bertz CT molecular complexity index is 397. The smallest absolute Gasteiger partial charge is 0.201 e. The van der Waals surface area contributed by atoms with E-state index in [1.165, 1.54) is 135 Å². The standard InChI is InChI=1S/C25H59N9/c1-2-3-4-5-6-7-8-9-10-11-12-13-14-15-16-17-18-19-20-21-22-23-24-28-30-32-34-33-31-29-25(26)27/h28,30-34H,2-24H2,1H3,(H4,26,27,29). The van der Waals surface area contributed by atoms with Crippen LogP contribution in [0.3, 0.4) is 0 Å². The molecular formula is C25H59N9. The SMILES string of the molecule is CCCCCCCCCCCCCCCCCCCCCCCCNNNNNNNC(=N)N. The Hall–Kier alpha value is -0.970. The van der Waals surface area contributed by atoms with E-state index in [2.05, 4.69) is 45.4 Å². The van der Waals surface area contributed by atoms with E-state index in [9.17, 15) is 0 Å². The third-order valence-electron chi connectivity index (χ3n) is 6.19. The Morgan fingerprint density at radius 3 is 1.18 bits per heavy atom. The quantitative estimate of drug-likeness (QED) is 0.0309. The van der Waals surface area contributed by atoms with Gasteiger partial charge in [0.25, 0.3) is 0 Å². The van der Waals surface area contributed by atoms with Crippen molar-refractivity contribution in [1.82, 2.24) is 38.5 Å². The van der Waals surface area contributed by atoms with Crippen molar-refractivity contribution in [2.75, 3.05) is 6.54 Å². The summed E-state index contributed by atoms with van der Waals surface area (Å²) >= 11 is 0. The van der Waals surface area contributed by atoms with Crippen LogP contribution < -0.4 is 44.3 Å². The first-order valence-corrected chi connectivity index (χ1v) is 14.3. The lowest BCUT2D eigenvalue weighted by atomic mass is 10.0. The zero-order chi connectivity index (χ0) is 24.8. The summed E-state index contributed by atoms with van der Waals surface area (Å²) in [7, 11) is 0. The summed E-state index contributed by atoms with van der Waals surface area (Å²) in [5, 5.41) is 6.93. The van der Waals surface area contributed by atoms with Gasteiger partial charge in [-0.1, -0.05) is 142 Å². The minimum atomic E-state index is -0.176. The molecule has 0 aromatic rings. The molecule has 0 rings (SSSR count). The summed E-state index contributed by atoms with van der Waals surface area (Å²) in [4.78, 5) is 0. The van der Waals surface area contributed by atoms with Crippen LogP contribution in [-0.4, -0.2) is 12.5 Å². The van der Waals surface area contributed by atoms with Crippen molar-refractivity contribution >= 4 is 5.96 Å². The predicted molar refractivity (Wildman–Crippen MR) is 146 cm³/mol. The molecule has 0 bridgehead atoms. The van der Waals surface area contributed by atoms with Crippen molar-refractivity contribution in [1.29, 1.82) is 5.41 Å². The molecule has 0 aromatic heterocycles. The van der Waals surface area contributed by atoms with Gasteiger partial charge in [0.1, 0.15) is 0 Å². The number of nitrogens with one attached hydrogen (secondary N) is 8. The fourth-order valence-electron chi connectivity index (χ4n) is 4.12. The maximum atomic E-state index is 6.93. The van der Waals surface area contributed by atoms with Gasteiger partial charge in [0, 0.05) is 6.54 Å². The van der Waals surface area contributed by atoms with Crippen LogP contribution in [0.1, 0.15) is 148 Å². The summed E-state index contributed by atoms with van der Waals surface area (Å²) in [5.74, 6) is -0.176. The third-order valence-corrected chi connectivity index (χ3v) is 6.19. The largest absolute Gasteiger partial charge is 0.369 e. The fourth-order valence-corrected chi connectivity index (χ4v) is 4.12. The number of hydrogen-bond donors (Lipinski definition) is 9. The molecule has 34 heavy (non-hydrogen) atoms. The molecule has 0 atom stereocenters. The van der Waals surface area contributed by atoms with Gasteiger partial charge < -0.3 is 5.73 Å². The van der Waals surface area contributed by atoms with Crippen LogP contribution in [0.2, 0.25) is 0 Å². The molecule has 0 spiro atoms. The minimum Gasteiger partial charge on any atom is -0.369 e. The van der Waals surface area contributed by atoms with E-state index in [0.717, 1.165) is 13.0 Å². The summed E-state index contributed by atoms with van der Waals surface area (Å²) < 4.78 is 0. The highest BCUT2D eigenvalue weighted by Crippen LogP contribution is 2.15. The van der Waals surface area contributed by atoms with Crippen LogP contribution in [0.5, 0.6) is 0 Å². The Morgan fingerprint density at radius 2 is 0.794 bits per heavy atom.